The number of thiazole rings is 4. The quantitative estimate of drug-likeness (QED) is 0.0295. The van der Waals surface area contributed by atoms with Gasteiger partial charge in [0.15, 0.2) is 23.3 Å². The highest BCUT2D eigenvalue weighted by Crippen LogP contribution is 2.43. The Hall–Kier alpha value is -13.7. The largest absolute Gasteiger partial charge is 0.477 e. The molecule has 0 saturated heterocycles. The van der Waals surface area contributed by atoms with E-state index in [0.717, 1.165) is 62.3 Å². The third kappa shape index (κ3) is 20.0. The minimum Gasteiger partial charge on any atom is -0.477 e. The molecule has 38 heteroatoms. The van der Waals surface area contributed by atoms with Gasteiger partial charge in [-0.25, -0.2) is 64.2 Å². The highest BCUT2D eigenvalue weighted by molar-refractivity contribution is 7.19. The van der Waals surface area contributed by atoms with Crippen molar-refractivity contribution in [3.8, 4) is 109 Å². The van der Waals surface area contributed by atoms with Gasteiger partial charge in [-0.2, -0.15) is 20.4 Å². The summed E-state index contributed by atoms with van der Waals surface area (Å²) in [7, 11) is 0. The van der Waals surface area contributed by atoms with Crippen LogP contribution in [0.2, 0.25) is 0 Å². The molecule has 0 bridgehead atoms. The number of aromatic amines is 4. The van der Waals surface area contributed by atoms with Gasteiger partial charge in [0.1, 0.15) is 93.9 Å². The van der Waals surface area contributed by atoms with Crippen LogP contribution in [0.5, 0.6) is 23.5 Å². The second kappa shape index (κ2) is 36.9. The fourth-order valence-electron chi connectivity index (χ4n) is 9.84. The van der Waals surface area contributed by atoms with Gasteiger partial charge in [-0.05, 0) is 131 Å². The Morgan fingerprint density at radius 2 is 0.723 bits per heavy atom. The average Bonchev–Trinajstić information content (AvgIpc) is 1.68. The zero-order valence-corrected chi connectivity index (χ0v) is 64.1. The molecule has 112 heavy (non-hydrogen) atoms. The van der Waals surface area contributed by atoms with Crippen LogP contribution in [0.1, 0.15) is 85.1 Å². The number of aromatic nitrogens is 21. The maximum atomic E-state index is 13.0. The summed E-state index contributed by atoms with van der Waals surface area (Å²) in [5.41, 5.74) is 5.06. The molecule has 13 heterocycles. The first-order valence-electron chi connectivity index (χ1n) is 34.2. The summed E-state index contributed by atoms with van der Waals surface area (Å²) in [6.07, 6.45) is 15.3. The molecule has 0 unspecified atom stereocenters. The number of halogens is 1. The van der Waals surface area contributed by atoms with Crippen LogP contribution in [0.3, 0.4) is 0 Å². The average molecular weight is 1580 g/mol. The van der Waals surface area contributed by atoms with Crippen LogP contribution in [-0.2, 0) is 4.79 Å². The lowest BCUT2D eigenvalue weighted by Gasteiger charge is -2.17. The van der Waals surface area contributed by atoms with Crippen LogP contribution >= 0.6 is 45.3 Å². The van der Waals surface area contributed by atoms with Gasteiger partial charge in [0, 0.05) is 81.5 Å². The molecule has 0 aliphatic carbocycles. The summed E-state index contributed by atoms with van der Waals surface area (Å²) in [5.74, 6) is 4.65. The van der Waals surface area contributed by atoms with Crippen molar-refractivity contribution in [2.75, 3.05) is 47.7 Å². The molecule has 0 aliphatic rings. The zero-order chi connectivity index (χ0) is 78.5. The van der Waals surface area contributed by atoms with E-state index < -0.39 is 11.2 Å². The third-order valence-corrected chi connectivity index (χ3v) is 19.5. The number of pyridine rings is 5. The number of nitrogens with zero attached hydrogens (tertiary/aromatic N) is 17. The van der Waals surface area contributed by atoms with Gasteiger partial charge in [-0.1, -0.05) is 39.0 Å². The number of H-pyrrole nitrogens is 4. The maximum Gasteiger partial charge on any atom is 0.257 e. The molecule has 0 saturated carbocycles. The van der Waals surface area contributed by atoms with Crippen molar-refractivity contribution in [2.24, 2.45) is 5.41 Å². The van der Waals surface area contributed by atoms with Crippen LogP contribution < -0.4 is 40.2 Å². The zero-order valence-electron chi connectivity index (χ0n) is 60.9. The monoisotopic (exact) mass is 1580 g/mol. The number of hydrogen-bond donors (Lipinski definition) is 8. The Balaban J connectivity index is 0.000000139. The van der Waals surface area contributed by atoms with Crippen LogP contribution in [0.4, 0.5) is 27.7 Å². The number of nitrogens with one attached hydrogen (secondary N) is 8. The van der Waals surface area contributed by atoms with Crippen LogP contribution in [-0.4, -0.2) is 156 Å². The Bertz CT molecular complexity index is 5620. The van der Waals surface area contributed by atoms with Crippen LogP contribution in [0, 0.1) is 18.2 Å². The highest BCUT2D eigenvalue weighted by Gasteiger charge is 2.26. The van der Waals surface area contributed by atoms with E-state index >= 15 is 0 Å². The van der Waals surface area contributed by atoms with Crippen LogP contribution in [0.25, 0.3) is 85.1 Å². The van der Waals surface area contributed by atoms with Crippen molar-refractivity contribution in [3.05, 3.63) is 200 Å². The van der Waals surface area contributed by atoms with Crippen molar-refractivity contribution in [2.45, 2.75) is 55.4 Å². The first-order valence-corrected chi connectivity index (χ1v) is 37.5. The number of hydrogen-bond acceptors (Lipinski definition) is 29. The molecule has 0 aliphatic heterocycles. The van der Waals surface area contributed by atoms with Gasteiger partial charge < -0.3 is 40.2 Å². The lowest BCUT2D eigenvalue weighted by molar-refractivity contribution is -0.123. The topological polar surface area (TPSA) is 436 Å². The van der Waals surface area contributed by atoms with Gasteiger partial charge in [0.05, 0.1) is 26.4 Å². The minimum atomic E-state index is -0.500. The first kappa shape index (κ1) is 77.9. The summed E-state index contributed by atoms with van der Waals surface area (Å²) in [4.78, 5) is 108. The maximum absolute atomic E-state index is 13.0. The number of anilines is 4. The van der Waals surface area contributed by atoms with E-state index in [1.807, 2.05) is 91.8 Å². The Morgan fingerprint density at radius 3 is 1.04 bits per heavy atom. The third-order valence-electron chi connectivity index (χ3n) is 15.1. The number of benzene rings is 2. The van der Waals surface area contributed by atoms with E-state index in [1.165, 1.54) is 94.9 Å². The number of carbonyl (C=O) groups is 4. The molecule has 4 amide bonds. The fraction of sp³-hybridized carbons (Fsp3) is 0.176. The normalized spacial score (nSPS) is 10.8. The summed E-state index contributed by atoms with van der Waals surface area (Å²) >= 11 is 5.66. The molecule has 568 valence electrons. The van der Waals surface area contributed by atoms with Crippen molar-refractivity contribution >= 4 is 92.2 Å². The van der Waals surface area contributed by atoms with E-state index in [0.29, 0.717) is 118 Å². The lowest BCUT2D eigenvalue weighted by Crippen LogP contribution is -2.27. The second-order valence-corrected chi connectivity index (χ2v) is 28.0. The van der Waals surface area contributed by atoms with Gasteiger partial charge in [-0.15, -0.1) is 45.3 Å². The number of aryl methyl sites for hydroxylation is 1. The molecule has 0 spiro atoms. The molecule has 13 aromatic heterocycles. The van der Waals surface area contributed by atoms with Gasteiger partial charge in [0.25, 0.3) is 17.7 Å². The fourth-order valence-corrected chi connectivity index (χ4v) is 13.7. The van der Waals surface area contributed by atoms with E-state index in [9.17, 15) is 23.6 Å². The molecule has 33 nitrogen and oxygen atoms in total. The standard InChI is InChI=1S/C20H18N6O2S.C19H15FN6O2S.C18H15N7O2S.C17H20N6O2S/c1-3-28-19-16(17-22-11-23-26-17)29-20(25-19)13-8-9-21-15(10-13)24-18(27)14-7-5-4-6-12(14)2;1-2-28-18-15(16-22-10-23-26-16)29-19(25-18)12-7-8-21-14(9-12)24-17(27)11-3-5-13(20)6-4-11;1-2-27-17-14(15-21-10-22-25-15)28-18(24-17)12-5-8-20-13(9-12)23-16(26)11-3-6-19-7-4-11;1-5-25-14-12(13-19-9-20-23-13)26-15(22-14)10-6-7-18-11(8-10)21-16(24)17(2,3)4/h4-11H,3H2,1-2H3,(H,21,24,27)(H,22,23,26);3-10H,2H2,1H3,(H,21,24,27)(H,22,23,26);3-10H,2H2,1H3,(H,20,23,26)(H,21,22,25);6-9H,5H2,1-4H3,(H,18,21,24)(H,19,20,23). The second-order valence-electron chi connectivity index (χ2n) is 24.0. The number of ether oxygens (including phenoxy) is 4. The summed E-state index contributed by atoms with van der Waals surface area (Å²) in [6.45, 7) is 16.9. The lowest BCUT2D eigenvalue weighted by atomic mass is 9.96. The van der Waals surface area contributed by atoms with Crippen LogP contribution in [0.15, 0.2) is 172 Å². The predicted octanol–water partition coefficient (Wildman–Crippen LogP) is 14.1. The molecule has 0 radical (unpaired) electrons. The Kier molecular flexibility index (Phi) is 25.7. The molecular formula is C74H68FN25O8S4. The molecule has 8 N–H and O–H groups in total. The molecule has 15 aromatic rings. The molecule has 2 aromatic carbocycles. The van der Waals surface area contributed by atoms with E-state index in [-0.39, 0.29) is 23.6 Å². The van der Waals surface area contributed by atoms with Crippen molar-refractivity contribution in [3.63, 3.8) is 0 Å². The summed E-state index contributed by atoms with van der Waals surface area (Å²) in [6, 6.07) is 30.3. The minimum absolute atomic E-state index is 0.0985. The molecule has 0 fully saturated rings. The summed E-state index contributed by atoms with van der Waals surface area (Å²) < 4.78 is 35.6. The van der Waals surface area contributed by atoms with E-state index in [1.54, 1.807) is 85.7 Å². The predicted molar refractivity (Wildman–Crippen MR) is 421 cm³/mol. The Labute approximate surface area is 653 Å². The molecule has 0 atom stereocenters. The summed E-state index contributed by atoms with van der Waals surface area (Å²) in [5, 5.41) is 40.9. The smallest absolute Gasteiger partial charge is 0.257 e. The van der Waals surface area contributed by atoms with E-state index in [4.69, 9.17) is 18.9 Å². The van der Waals surface area contributed by atoms with E-state index in [2.05, 4.69) is 127 Å². The van der Waals surface area contributed by atoms with Gasteiger partial charge >= 0.3 is 0 Å². The van der Waals surface area contributed by atoms with Gasteiger partial charge in [0.2, 0.25) is 29.4 Å². The van der Waals surface area contributed by atoms with Crippen molar-refractivity contribution < 1.29 is 42.5 Å². The number of rotatable bonds is 23. The molecular weight excluding hydrogens is 1510 g/mol. The van der Waals surface area contributed by atoms with Crippen molar-refractivity contribution in [1.29, 1.82) is 0 Å². The molecule has 15 rings (SSSR count). The van der Waals surface area contributed by atoms with Crippen molar-refractivity contribution in [1.82, 2.24) is 106 Å². The SMILES string of the molecule is CCOc1nc(-c2ccnc(NC(=O)C(C)(C)C)c2)sc1-c1ncn[nH]1.CCOc1nc(-c2ccnc(NC(=O)c3ccc(F)cc3)c2)sc1-c1ncn[nH]1.CCOc1nc(-c2ccnc(NC(=O)c3ccccc3C)c2)sc1-c1ncn[nH]1.CCOc1nc(-c2ccnc(NC(=O)c3ccncc3)c2)sc1-c1ncn[nH]1. The number of amides is 4. The first-order chi connectivity index (χ1) is 54.4. The van der Waals surface area contributed by atoms with Gasteiger partial charge in [-0.3, -0.25) is 44.6 Å². The highest BCUT2D eigenvalue weighted by atomic mass is 32.1. The Morgan fingerprint density at radius 1 is 0.402 bits per heavy atom. The number of carbonyl (C=O) groups excluding carboxylic acids is 4.